The third-order valence-corrected chi connectivity index (χ3v) is 4.32. The number of carbonyl (C=O) groups is 1. The van der Waals surface area contributed by atoms with Crippen molar-refractivity contribution in [2.75, 3.05) is 99.4 Å². The topological polar surface area (TPSA) is 96.5 Å². The Kier molecular flexibility index (Phi) is 24.1. The normalized spacial score (nSPS) is 13.2. The largest absolute Gasteiger partial charge is 0.378 e. The number of hydrogen-bond acceptors (Lipinski definition) is 8. The number of amides is 1. The Bertz CT molecular complexity index is 408. The molecule has 0 bridgehead atoms. The van der Waals surface area contributed by atoms with Gasteiger partial charge in [0.1, 0.15) is 6.17 Å². The lowest BCUT2D eigenvalue weighted by molar-refractivity contribution is -0.125. The molecule has 32 heavy (non-hydrogen) atoms. The average Bonchev–Trinajstić information content (AvgIpc) is 2.79. The van der Waals surface area contributed by atoms with Gasteiger partial charge in [0.05, 0.1) is 85.8 Å². The van der Waals surface area contributed by atoms with Crippen LogP contribution in [0.3, 0.4) is 0 Å². The second kappa shape index (κ2) is 24.8. The summed E-state index contributed by atoms with van der Waals surface area (Å²) in [6.07, 6.45) is 0.508. The number of hydrogen-bond donors (Lipinski definition) is 2. The summed E-state index contributed by atoms with van der Waals surface area (Å²) in [5.74, 6) is -0.203. The molecule has 2 N–H and O–H groups in total. The molecular formula is C22H45FN2O7. The van der Waals surface area contributed by atoms with Gasteiger partial charge in [0.25, 0.3) is 0 Å². The number of nitrogens with one attached hydrogen (secondary N) is 2. The van der Waals surface area contributed by atoms with Gasteiger partial charge >= 0.3 is 0 Å². The van der Waals surface area contributed by atoms with Crippen molar-refractivity contribution in [1.29, 1.82) is 0 Å². The molecule has 0 fully saturated rings. The summed E-state index contributed by atoms with van der Waals surface area (Å²) in [4.78, 5) is 11.7. The molecule has 0 saturated carbocycles. The molecule has 0 spiro atoms. The summed E-state index contributed by atoms with van der Waals surface area (Å²) in [6.45, 7) is 10.0. The standard InChI is InChI=1S/C22H45FN2O7/c1-4-5-20(2)22(26)25-18-21(23)19-32-17-16-31-15-14-30-13-12-29-11-10-28-9-8-27-7-6-24-3/h20-21,24H,4-19H2,1-3H3,(H,25,26). The molecule has 0 radical (unpaired) electrons. The van der Waals surface area contributed by atoms with Crippen LogP contribution < -0.4 is 10.6 Å². The van der Waals surface area contributed by atoms with E-state index in [4.69, 9.17) is 28.4 Å². The van der Waals surface area contributed by atoms with Gasteiger partial charge in [-0.3, -0.25) is 4.79 Å². The summed E-state index contributed by atoms with van der Waals surface area (Å²) in [5.41, 5.74) is 0. The fourth-order valence-electron chi connectivity index (χ4n) is 2.49. The number of ether oxygens (including phenoxy) is 6. The van der Waals surface area contributed by atoms with Crippen LogP contribution in [0.4, 0.5) is 4.39 Å². The number of carbonyl (C=O) groups excluding carboxylic acids is 1. The van der Waals surface area contributed by atoms with Crippen molar-refractivity contribution in [2.24, 2.45) is 5.92 Å². The second-order valence-electron chi connectivity index (χ2n) is 7.27. The fourth-order valence-corrected chi connectivity index (χ4v) is 2.49. The van der Waals surface area contributed by atoms with E-state index in [1.165, 1.54) is 0 Å². The number of likely N-dealkylation sites (N-methyl/N-ethyl adjacent to an activating group) is 1. The fraction of sp³-hybridized carbons (Fsp3) is 0.955. The van der Waals surface area contributed by atoms with Crippen molar-refractivity contribution >= 4 is 5.91 Å². The van der Waals surface area contributed by atoms with E-state index >= 15 is 0 Å². The van der Waals surface area contributed by atoms with Crippen LogP contribution in [0.15, 0.2) is 0 Å². The smallest absolute Gasteiger partial charge is 0.222 e. The molecular weight excluding hydrogens is 423 g/mol. The lowest BCUT2D eigenvalue weighted by Gasteiger charge is -2.14. The van der Waals surface area contributed by atoms with Gasteiger partial charge < -0.3 is 39.1 Å². The zero-order valence-electron chi connectivity index (χ0n) is 20.2. The molecule has 10 heteroatoms. The highest BCUT2D eigenvalue weighted by molar-refractivity contribution is 5.78. The van der Waals surface area contributed by atoms with Crippen molar-refractivity contribution in [3.63, 3.8) is 0 Å². The van der Waals surface area contributed by atoms with Gasteiger partial charge in [0, 0.05) is 12.5 Å². The highest BCUT2D eigenvalue weighted by Crippen LogP contribution is 2.04. The van der Waals surface area contributed by atoms with Crippen molar-refractivity contribution < 1.29 is 37.6 Å². The van der Waals surface area contributed by atoms with Crippen LogP contribution in [0, 0.1) is 5.92 Å². The Hall–Kier alpha value is -0.880. The van der Waals surface area contributed by atoms with Gasteiger partial charge in [-0.1, -0.05) is 20.3 Å². The minimum absolute atomic E-state index is 0.0266. The van der Waals surface area contributed by atoms with E-state index in [2.05, 4.69) is 10.6 Å². The Balaban J connectivity index is 3.22. The van der Waals surface area contributed by atoms with Gasteiger partial charge in [0.15, 0.2) is 0 Å². The van der Waals surface area contributed by atoms with Gasteiger partial charge in [-0.25, -0.2) is 4.39 Å². The van der Waals surface area contributed by atoms with Crippen molar-refractivity contribution in [3.8, 4) is 0 Å². The Morgan fingerprint density at radius 1 is 0.781 bits per heavy atom. The van der Waals surface area contributed by atoms with Crippen molar-refractivity contribution in [3.05, 3.63) is 0 Å². The minimum Gasteiger partial charge on any atom is -0.378 e. The summed E-state index contributed by atoms with van der Waals surface area (Å²) in [7, 11) is 1.88. The Morgan fingerprint density at radius 3 is 1.66 bits per heavy atom. The average molecular weight is 469 g/mol. The SMILES string of the molecule is CCCC(C)C(=O)NCC(F)COCCOCCOCCOCCOCCOCCNC. The molecule has 0 heterocycles. The van der Waals surface area contributed by atoms with Crippen LogP contribution in [0.1, 0.15) is 26.7 Å². The first kappa shape index (κ1) is 31.1. The molecule has 0 rings (SSSR count). The highest BCUT2D eigenvalue weighted by Gasteiger charge is 2.14. The van der Waals surface area contributed by atoms with E-state index in [9.17, 15) is 9.18 Å². The van der Waals surface area contributed by atoms with Crippen molar-refractivity contribution in [2.45, 2.75) is 32.9 Å². The lowest BCUT2D eigenvalue weighted by Crippen LogP contribution is -2.35. The first-order chi connectivity index (χ1) is 15.6. The van der Waals surface area contributed by atoms with Gasteiger partial charge in [-0.2, -0.15) is 0 Å². The van der Waals surface area contributed by atoms with Crippen LogP contribution in [-0.2, 0) is 33.2 Å². The molecule has 2 atom stereocenters. The summed E-state index contributed by atoms with van der Waals surface area (Å²) < 4.78 is 45.8. The Morgan fingerprint density at radius 2 is 1.22 bits per heavy atom. The molecule has 0 aliphatic rings. The zero-order valence-corrected chi connectivity index (χ0v) is 20.2. The molecule has 192 valence electrons. The van der Waals surface area contributed by atoms with Crippen LogP contribution in [0.2, 0.25) is 0 Å². The van der Waals surface area contributed by atoms with E-state index in [-0.39, 0.29) is 25.0 Å². The van der Waals surface area contributed by atoms with E-state index in [1.54, 1.807) is 0 Å². The monoisotopic (exact) mass is 468 g/mol. The first-order valence-corrected chi connectivity index (χ1v) is 11.6. The second-order valence-corrected chi connectivity index (χ2v) is 7.27. The number of halogens is 1. The van der Waals surface area contributed by atoms with Gasteiger partial charge in [0.2, 0.25) is 5.91 Å². The molecule has 9 nitrogen and oxygen atoms in total. The summed E-state index contributed by atoms with van der Waals surface area (Å²) in [6, 6.07) is 0. The maximum atomic E-state index is 13.7. The van der Waals surface area contributed by atoms with E-state index < -0.39 is 6.17 Å². The molecule has 0 aromatic carbocycles. The summed E-state index contributed by atoms with van der Waals surface area (Å²) in [5, 5.41) is 5.62. The molecule has 0 aliphatic carbocycles. The van der Waals surface area contributed by atoms with Crippen molar-refractivity contribution in [1.82, 2.24) is 10.6 Å². The first-order valence-electron chi connectivity index (χ1n) is 11.6. The molecule has 0 aromatic heterocycles. The van der Waals surface area contributed by atoms with E-state index in [1.807, 2.05) is 20.9 Å². The summed E-state index contributed by atoms with van der Waals surface area (Å²) >= 11 is 0. The maximum Gasteiger partial charge on any atom is 0.222 e. The molecule has 2 unspecified atom stereocenters. The quantitative estimate of drug-likeness (QED) is 0.193. The molecule has 1 amide bonds. The zero-order chi connectivity index (χ0) is 23.7. The van der Waals surface area contributed by atoms with Crippen LogP contribution in [-0.4, -0.2) is 111 Å². The predicted molar refractivity (Wildman–Crippen MR) is 121 cm³/mol. The molecule has 0 saturated heterocycles. The molecule has 0 aliphatic heterocycles. The minimum atomic E-state index is -1.22. The predicted octanol–water partition coefficient (Wildman–Crippen LogP) is 1.20. The third-order valence-electron chi connectivity index (χ3n) is 4.32. The molecule has 0 aromatic rings. The van der Waals surface area contributed by atoms with E-state index in [0.717, 1.165) is 19.4 Å². The van der Waals surface area contributed by atoms with Gasteiger partial charge in [-0.15, -0.1) is 0 Å². The van der Waals surface area contributed by atoms with Crippen LogP contribution in [0.25, 0.3) is 0 Å². The van der Waals surface area contributed by atoms with Crippen LogP contribution >= 0.6 is 0 Å². The Labute approximate surface area is 193 Å². The maximum absolute atomic E-state index is 13.7. The van der Waals surface area contributed by atoms with Crippen LogP contribution in [0.5, 0.6) is 0 Å². The number of alkyl halides is 1. The highest BCUT2D eigenvalue weighted by atomic mass is 19.1. The number of rotatable bonds is 25. The van der Waals surface area contributed by atoms with Gasteiger partial charge in [-0.05, 0) is 13.5 Å². The lowest BCUT2D eigenvalue weighted by atomic mass is 10.1. The van der Waals surface area contributed by atoms with E-state index in [0.29, 0.717) is 72.7 Å². The third kappa shape index (κ3) is 22.3.